The first kappa shape index (κ1) is 10.6. The molecule has 2 unspecified atom stereocenters. The summed E-state index contributed by atoms with van der Waals surface area (Å²) < 4.78 is 0. The third-order valence-electron chi connectivity index (χ3n) is 2.92. The van der Waals surface area contributed by atoms with E-state index in [1.165, 1.54) is 12.8 Å². The Morgan fingerprint density at radius 1 is 1.69 bits per heavy atom. The maximum absolute atomic E-state index is 5.48. The van der Waals surface area contributed by atoms with Gasteiger partial charge in [-0.3, -0.25) is 4.90 Å². The van der Waals surface area contributed by atoms with Crippen molar-refractivity contribution >= 4 is 0 Å². The number of terminal acetylenes is 1. The zero-order chi connectivity index (χ0) is 9.68. The van der Waals surface area contributed by atoms with Gasteiger partial charge in [0.15, 0.2) is 0 Å². The molecule has 0 bridgehead atoms. The number of nitrogens with one attached hydrogen (secondary N) is 1. The summed E-state index contributed by atoms with van der Waals surface area (Å²) in [5.74, 6) is 2.85. The van der Waals surface area contributed by atoms with Crippen molar-refractivity contribution in [1.29, 1.82) is 0 Å². The number of hydrogen-bond acceptors (Lipinski definition) is 2. The summed E-state index contributed by atoms with van der Waals surface area (Å²) in [6, 6.07) is 0.944. The zero-order valence-corrected chi connectivity index (χ0v) is 8.71. The SMILES string of the molecule is C#CC(CC)N(C)C1CCCNC1. The van der Waals surface area contributed by atoms with Gasteiger partial charge >= 0.3 is 0 Å². The van der Waals surface area contributed by atoms with Gasteiger partial charge in [0.25, 0.3) is 0 Å². The van der Waals surface area contributed by atoms with Gasteiger partial charge < -0.3 is 5.32 Å². The van der Waals surface area contributed by atoms with Gasteiger partial charge in [0.2, 0.25) is 0 Å². The molecule has 74 valence electrons. The van der Waals surface area contributed by atoms with Crippen LogP contribution in [0.1, 0.15) is 26.2 Å². The van der Waals surface area contributed by atoms with Crippen LogP contribution in [0.5, 0.6) is 0 Å². The van der Waals surface area contributed by atoms with Gasteiger partial charge in [0.05, 0.1) is 6.04 Å². The predicted octanol–water partition coefficient (Wildman–Crippen LogP) is 1.08. The fourth-order valence-electron chi connectivity index (χ4n) is 1.96. The summed E-state index contributed by atoms with van der Waals surface area (Å²) in [4.78, 5) is 2.34. The molecule has 0 spiro atoms. The maximum atomic E-state index is 5.48. The summed E-state index contributed by atoms with van der Waals surface area (Å²) in [5.41, 5.74) is 0. The van der Waals surface area contributed by atoms with E-state index < -0.39 is 0 Å². The molecule has 13 heavy (non-hydrogen) atoms. The smallest absolute Gasteiger partial charge is 0.0709 e. The van der Waals surface area contributed by atoms with E-state index in [0.717, 1.165) is 19.5 Å². The standard InChI is InChI=1S/C11H20N2/c1-4-10(5-2)13(3)11-7-6-8-12-9-11/h1,10-12H,5-9H2,2-3H3. The van der Waals surface area contributed by atoms with Crippen molar-refractivity contribution in [2.75, 3.05) is 20.1 Å². The third kappa shape index (κ3) is 2.72. The lowest BCUT2D eigenvalue weighted by Gasteiger charge is -2.34. The maximum Gasteiger partial charge on any atom is 0.0709 e. The highest BCUT2D eigenvalue weighted by molar-refractivity contribution is 5.00. The second kappa shape index (κ2) is 5.26. The molecule has 1 fully saturated rings. The van der Waals surface area contributed by atoms with Gasteiger partial charge in [-0.1, -0.05) is 12.8 Å². The molecule has 0 aromatic carbocycles. The molecule has 1 heterocycles. The molecule has 1 saturated heterocycles. The molecule has 1 aliphatic heterocycles. The first-order valence-electron chi connectivity index (χ1n) is 5.18. The summed E-state index contributed by atoms with van der Waals surface area (Å²) in [6.07, 6.45) is 9.08. The molecular formula is C11H20N2. The Morgan fingerprint density at radius 3 is 2.92 bits per heavy atom. The third-order valence-corrected chi connectivity index (χ3v) is 2.92. The second-order valence-electron chi connectivity index (χ2n) is 3.76. The van der Waals surface area contributed by atoms with Crippen LogP contribution in [0.3, 0.4) is 0 Å². The number of rotatable bonds is 3. The Morgan fingerprint density at radius 2 is 2.46 bits per heavy atom. The van der Waals surface area contributed by atoms with E-state index in [2.05, 4.69) is 30.1 Å². The molecule has 0 aromatic rings. The first-order valence-corrected chi connectivity index (χ1v) is 5.18. The summed E-state index contributed by atoms with van der Waals surface area (Å²) in [6.45, 7) is 4.41. The van der Waals surface area contributed by atoms with E-state index in [4.69, 9.17) is 6.42 Å². The molecule has 1 aliphatic rings. The van der Waals surface area contributed by atoms with Crippen LogP contribution in [0.4, 0.5) is 0 Å². The van der Waals surface area contributed by atoms with Crippen molar-refractivity contribution in [1.82, 2.24) is 10.2 Å². The summed E-state index contributed by atoms with van der Waals surface area (Å²) in [7, 11) is 2.14. The fraction of sp³-hybridized carbons (Fsp3) is 0.818. The van der Waals surface area contributed by atoms with Crippen LogP contribution in [0.25, 0.3) is 0 Å². The lowest BCUT2D eigenvalue weighted by molar-refractivity contribution is 0.172. The Hall–Kier alpha value is -0.520. The molecule has 0 saturated carbocycles. The largest absolute Gasteiger partial charge is 0.315 e. The highest BCUT2D eigenvalue weighted by Gasteiger charge is 2.21. The minimum atomic E-state index is 0.310. The normalized spacial score (nSPS) is 25.5. The average molecular weight is 180 g/mol. The minimum absolute atomic E-state index is 0.310. The Bertz CT molecular complexity index is 177. The molecule has 0 aliphatic carbocycles. The van der Waals surface area contributed by atoms with Crippen LogP contribution in [-0.2, 0) is 0 Å². The van der Waals surface area contributed by atoms with Crippen LogP contribution in [-0.4, -0.2) is 37.1 Å². The van der Waals surface area contributed by atoms with Gasteiger partial charge in [-0.2, -0.15) is 0 Å². The zero-order valence-electron chi connectivity index (χ0n) is 8.71. The Kier molecular flexibility index (Phi) is 4.27. The molecule has 1 N–H and O–H groups in total. The number of nitrogens with zero attached hydrogens (tertiary/aromatic N) is 1. The van der Waals surface area contributed by atoms with Crippen LogP contribution < -0.4 is 5.32 Å². The van der Waals surface area contributed by atoms with Gasteiger partial charge in [0, 0.05) is 12.6 Å². The van der Waals surface area contributed by atoms with Crippen molar-refractivity contribution in [3.05, 3.63) is 0 Å². The van der Waals surface area contributed by atoms with E-state index in [0.29, 0.717) is 12.1 Å². The minimum Gasteiger partial charge on any atom is -0.315 e. The predicted molar refractivity (Wildman–Crippen MR) is 56.6 cm³/mol. The van der Waals surface area contributed by atoms with Crippen LogP contribution in [0.15, 0.2) is 0 Å². The van der Waals surface area contributed by atoms with Gasteiger partial charge in [-0.15, -0.1) is 6.42 Å². The van der Waals surface area contributed by atoms with Gasteiger partial charge in [-0.25, -0.2) is 0 Å². The number of likely N-dealkylation sites (N-methyl/N-ethyl adjacent to an activating group) is 1. The van der Waals surface area contributed by atoms with E-state index in [1.807, 2.05) is 0 Å². The van der Waals surface area contributed by atoms with Crippen molar-refractivity contribution in [3.8, 4) is 12.3 Å². The summed E-state index contributed by atoms with van der Waals surface area (Å²) >= 11 is 0. The molecular weight excluding hydrogens is 160 g/mol. The molecule has 2 nitrogen and oxygen atoms in total. The molecule has 2 atom stereocenters. The number of piperidine rings is 1. The van der Waals surface area contributed by atoms with Crippen LogP contribution in [0, 0.1) is 12.3 Å². The second-order valence-corrected chi connectivity index (χ2v) is 3.76. The lowest BCUT2D eigenvalue weighted by atomic mass is 10.0. The quantitative estimate of drug-likeness (QED) is 0.654. The average Bonchev–Trinajstić information content (AvgIpc) is 2.21. The molecule has 0 amide bonds. The Balaban J connectivity index is 2.44. The van der Waals surface area contributed by atoms with E-state index in [9.17, 15) is 0 Å². The first-order chi connectivity index (χ1) is 6.29. The number of hydrogen-bond donors (Lipinski definition) is 1. The van der Waals surface area contributed by atoms with Crippen molar-refractivity contribution < 1.29 is 0 Å². The van der Waals surface area contributed by atoms with Crippen LogP contribution >= 0.6 is 0 Å². The molecule has 0 aromatic heterocycles. The van der Waals surface area contributed by atoms with Crippen molar-refractivity contribution in [2.45, 2.75) is 38.3 Å². The van der Waals surface area contributed by atoms with Gasteiger partial charge in [0.1, 0.15) is 0 Å². The fourth-order valence-corrected chi connectivity index (χ4v) is 1.96. The highest BCUT2D eigenvalue weighted by atomic mass is 15.2. The topological polar surface area (TPSA) is 15.3 Å². The molecule has 1 rings (SSSR count). The van der Waals surface area contributed by atoms with Crippen LogP contribution in [0.2, 0.25) is 0 Å². The molecule has 0 radical (unpaired) electrons. The van der Waals surface area contributed by atoms with E-state index >= 15 is 0 Å². The van der Waals surface area contributed by atoms with E-state index in [1.54, 1.807) is 0 Å². The van der Waals surface area contributed by atoms with E-state index in [-0.39, 0.29) is 0 Å². The van der Waals surface area contributed by atoms with Gasteiger partial charge in [-0.05, 0) is 32.9 Å². The summed E-state index contributed by atoms with van der Waals surface area (Å²) in [5, 5.41) is 3.41. The lowest BCUT2D eigenvalue weighted by Crippen LogP contribution is -2.47. The Labute approximate surface area is 81.7 Å². The highest BCUT2D eigenvalue weighted by Crippen LogP contribution is 2.12. The van der Waals surface area contributed by atoms with Crippen molar-refractivity contribution in [3.63, 3.8) is 0 Å². The van der Waals surface area contributed by atoms with Crippen molar-refractivity contribution in [2.24, 2.45) is 0 Å². The molecule has 2 heteroatoms. The monoisotopic (exact) mass is 180 g/mol.